The zero-order chi connectivity index (χ0) is 10.5. The molecule has 0 aromatic heterocycles. The Morgan fingerprint density at radius 3 is 2.80 bits per heavy atom. The average molecular weight is 200 g/mol. The molecule has 0 spiro atoms. The van der Waals surface area contributed by atoms with E-state index in [2.05, 4.69) is 37.3 Å². The number of para-hydroxylation sites is 1. The van der Waals surface area contributed by atoms with E-state index in [1.807, 2.05) is 12.1 Å². The van der Waals surface area contributed by atoms with E-state index < -0.39 is 0 Å². The fourth-order valence-electron chi connectivity index (χ4n) is 1.69. The summed E-state index contributed by atoms with van der Waals surface area (Å²) in [6, 6.07) is 8.21. The molecule has 0 saturated carbocycles. The predicted octanol–water partition coefficient (Wildman–Crippen LogP) is 3.86. The van der Waals surface area contributed by atoms with Gasteiger partial charge in [0.05, 0.1) is 0 Å². The van der Waals surface area contributed by atoms with Gasteiger partial charge in [0.15, 0.2) is 0 Å². The van der Waals surface area contributed by atoms with E-state index >= 15 is 0 Å². The number of aryl methyl sites for hydroxylation is 1. The molecule has 0 unspecified atom stereocenters. The highest BCUT2D eigenvalue weighted by Gasteiger charge is 2.03. The summed E-state index contributed by atoms with van der Waals surface area (Å²) < 4.78 is 5.85. The van der Waals surface area contributed by atoms with Crippen LogP contribution in [0.3, 0.4) is 0 Å². The van der Waals surface area contributed by atoms with Gasteiger partial charge in [-0.25, -0.2) is 0 Å². The molecule has 0 amide bonds. The third kappa shape index (κ3) is 2.50. The molecule has 1 nitrogen and oxygen atoms in total. The molecular weight excluding hydrogens is 184 g/mol. The second-order valence-corrected chi connectivity index (χ2v) is 3.65. The fraction of sp³-hybridized carbons (Fsp3) is 0.286. The maximum atomic E-state index is 5.85. The molecule has 15 heavy (non-hydrogen) atoms. The van der Waals surface area contributed by atoms with Crippen molar-refractivity contribution < 1.29 is 4.74 Å². The highest BCUT2D eigenvalue weighted by Crippen LogP contribution is 2.22. The molecule has 0 aliphatic heterocycles. The molecule has 1 aliphatic carbocycles. The smallest absolute Gasteiger partial charge is 0.130 e. The lowest BCUT2D eigenvalue weighted by atomic mass is 10.1. The standard InChI is InChI=1S/C14H16O/c1-2-12-8-6-7-11-14(12)15-13-9-4-3-5-10-13/h4,6-11H,2-3,5H2,1H3. The lowest BCUT2D eigenvalue weighted by Crippen LogP contribution is -1.97. The molecule has 1 heteroatoms. The Kier molecular flexibility index (Phi) is 3.23. The number of benzene rings is 1. The summed E-state index contributed by atoms with van der Waals surface area (Å²) in [4.78, 5) is 0. The van der Waals surface area contributed by atoms with Crippen LogP contribution in [-0.4, -0.2) is 0 Å². The van der Waals surface area contributed by atoms with Crippen LogP contribution in [-0.2, 0) is 6.42 Å². The second kappa shape index (κ2) is 4.83. The summed E-state index contributed by atoms with van der Waals surface area (Å²) in [5.74, 6) is 1.96. The Bertz CT molecular complexity index is 388. The van der Waals surface area contributed by atoms with Crippen molar-refractivity contribution in [2.75, 3.05) is 0 Å². The number of allylic oxidation sites excluding steroid dienone is 3. The van der Waals surface area contributed by atoms with Gasteiger partial charge in [0.1, 0.15) is 11.5 Å². The minimum atomic E-state index is 0.974. The zero-order valence-corrected chi connectivity index (χ0v) is 9.07. The van der Waals surface area contributed by atoms with E-state index in [9.17, 15) is 0 Å². The van der Waals surface area contributed by atoms with Crippen LogP contribution in [0.4, 0.5) is 0 Å². The van der Waals surface area contributed by atoms with Crippen molar-refractivity contribution in [2.45, 2.75) is 26.2 Å². The van der Waals surface area contributed by atoms with Crippen LogP contribution >= 0.6 is 0 Å². The predicted molar refractivity (Wildman–Crippen MR) is 62.9 cm³/mol. The average Bonchev–Trinajstić information content (AvgIpc) is 2.31. The van der Waals surface area contributed by atoms with Crippen LogP contribution in [0.5, 0.6) is 5.75 Å². The Balaban J connectivity index is 2.16. The molecule has 1 aromatic carbocycles. The Hall–Kier alpha value is -1.50. The Morgan fingerprint density at radius 2 is 2.07 bits per heavy atom. The maximum absolute atomic E-state index is 5.85. The maximum Gasteiger partial charge on any atom is 0.130 e. The van der Waals surface area contributed by atoms with Gasteiger partial charge >= 0.3 is 0 Å². The molecule has 0 saturated heterocycles. The summed E-state index contributed by atoms with van der Waals surface area (Å²) >= 11 is 0. The third-order valence-corrected chi connectivity index (χ3v) is 2.54. The van der Waals surface area contributed by atoms with E-state index in [1.165, 1.54) is 5.56 Å². The van der Waals surface area contributed by atoms with Gasteiger partial charge in [-0.3, -0.25) is 0 Å². The third-order valence-electron chi connectivity index (χ3n) is 2.54. The summed E-state index contributed by atoms with van der Waals surface area (Å²) in [6.45, 7) is 2.15. The van der Waals surface area contributed by atoms with Gasteiger partial charge in [-0.15, -0.1) is 0 Å². The van der Waals surface area contributed by atoms with Gasteiger partial charge in [-0.2, -0.15) is 0 Å². The van der Waals surface area contributed by atoms with Gasteiger partial charge in [-0.1, -0.05) is 31.2 Å². The normalized spacial score (nSPS) is 14.9. The lowest BCUT2D eigenvalue weighted by molar-refractivity contribution is 0.434. The van der Waals surface area contributed by atoms with Crippen molar-refractivity contribution in [3.63, 3.8) is 0 Å². The second-order valence-electron chi connectivity index (χ2n) is 3.65. The van der Waals surface area contributed by atoms with E-state index in [-0.39, 0.29) is 0 Å². The van der Waals surface area contributed by atoms with Crippen LogP contribution in [0.1, 0.15) is 25.3 Å². The van der Waals surface area contributed by atoms with E-state index in [4.69, 9.17) is 4.74 Å². The molecule has 0 atom stereocenters. The minimum absolute atomic E-state index is 0.974. The number of ether oxygens (including phenoxy) is 1. The summed E-state index contributed by atoms with van der Waals surface area (Å²) in [6.07, 6.45) is 9.57. The first-order valence-electron chi connectivity index (χ1n) is 5.52. The number of rotatable bonds is 3. The van der Waals surface area contributed by atoms with Gasteiger partial charge in [0.2, 0.25) is 0 Å². The van der Waals surface area contributed by atoms with Crippen molar-refractivity contribution >= 4 is 0 Å². The first-order chi connectivity index (χ1) is 7.40. The zero-order valence-electron chi connectivity index (χ0n) is 9.07. The molecule has 0 bridgehead atoms. The fourth-order valence-corrected chi connectivity index (χ4v) is 1.69. The van der Waals surface area contributed by atoms with Gasteiger partial charge < -0.3 is 4.74 Å². The number of hydrogen-bond acceptors (Lipinski definition) is 1. The van der Waals surface area contributed by atoms with Crippen LogP contribution in [0.15, 0.2) is 48.3 Å². The van der Waals surface area contributed by atoms with Crippen molar-refractivity contribution in [3.05, 3.63) is 53.8 Å². The topological polar surface area (TPSA) is 9.23 Å². The van der Waals surface area contributed by atoms with Crippen LogP contribution in [0.2, 0.25) is 0 Å². The minimum Gasteiger partial charge on any atom is -0.457 e. The Morgan fingerprint density at radius 1 is 1.20 bits per heavy atom. The van der Waals surface area contributed by atoms with Crippen molar-refractivity contribution in [2.24, 2.45) is 0 Å². The van der Waals surface area contributed by atoms with E-state index in [0.717, 1.165) is 30.8 Å². The summed E-state index contributed by atoms with van der Waals surface area (Å²) in [5.41, 5.74) is 1.26. The van der Waals surface area contributed by atoms with Crippen molar-refractivity contribution in [3.8, 4) is 5.75 Å². The number of hydrogen-bond donors (Lipinski definition) is 0. The molecule has 2 rings (SSSR count). The molecule has 1 aromatic rings. The van der Waals surface area contributed by atoms with Crippen molar-refractivity contribution in [1.29, 1.82) is 0 Å². The molecule has 0 N–H and O–H groups in total. The summed E-state index contributed by atoms with van der Waals surface area (Å²) in [7, 11) is 0. The highest BCUT2D eigenvalue weighted by atomic mass is 16.5. The molecular formula is C14H16O. The highest BCUT2D eigenvalue weighted by molar-refractivity contribution is 5.36. The SMILES string of the molecule is CCc1ccccc1OC1=CCCC=C1. The first-order valence-corrected chi connectivity index (χ1v) is 5.52. The molecule has 78 valence electrons. The molecule has 1 aliphatic rings. The quantitative estimate of drug-likeness (QED) is 0.719. The monoisotopic (exact) mass is 200 g/mol. The lowest BCUT2D eigenvalue weighted by Gasteiger charge is -2.12. The van der Waals surface area contributed by atoms with Crippen LogP contribution in [0.25, 0.3) is 0 Å². The first kappa shape index (κ1) is 10.0. The van der Waals surface area contributed by atoms with Crippen LogP contribution < -0.4 is 4.74 Å². The molecule has 0 heterocycles. The molecule has 0 radical (unpaired) electrons. The van der Waals surface area contributed by atoms with Crippen LogP contribution in [0, 0.1) is 0 Å². The van der Waals surface area contributed by atoms with Gasteiger partial charge in [0.25, 0.3) is 0 Å². The summed E-state index contributed by atoms with van der Waals surface area (Å²) in [5, 5.41) is 0. The van der Waals surface area contributed by atoms with Gasteiger partial charge in [0, 0.05) is 0 Å². The van der Waals surface area contributed by atoms with Gasteiger partial charge in [-0.05, 0) is 43.0 Å². The van der Waals surface area contributed by atoms with E-state index in [1.54, 1.807) is 0 Å². The molecule has 0 fully saturated rings. The van der Waals surface area contributed by atoms with Crippen molar-refractivity contribution in [1.82, 2.24) is 0 Å². The van der Waals surface area contributed by atoms with E-state index in [0.29, 0.717) is 0 Å². The largest absolute Gasteiger partial charge is 0.457 e. The Labute approximate surface area is 91.1 Å².